The molecule has 4 nitrogen and oxygen atoms in total. The van der Waals surface area contributed by atoms with Crippen molar-refractivity contribution in [3.05, 3.63) is 0 Å². The fourth-order valence-corrected chi connectivity index (χ4v) is 4.26. The molecule has 0 heterocycles. The summed E-state index contributed by atoms with van der Waals surface area (Å²) in [4.78, 5) is 11.2. The van der Waals surface area contributed by atoms with Crippen LogP contribution in [0.5, 0.6) is 0 Å². The molecule has 0 saturated heterocycles. The van der Waals surface area contributed by atoms with Gasteiger partial charge in [-0.15, -0.1) is 0 Å². The quantitative estimate of drug-likeness (QED) is 0.282. The average molecular weight is 379 g/mol. The Morgan fingerprint density at radius 1 is 0.895 bits per heavy atom. The summed E-state index contributed by atoms with van der Waals surface area (Å²) in [6, 6.07) is 0. The van der Waals surface area contributed by atoms with E-state index in [-0.39, 0.29) is 0 Å². The SMILES string of the molecule is CCCCCCC[CH2][Sn](=[O])[O]C(=O)OCCCCC. The summed E-state index contributed by atoms with van der Waals surface area (Å²) in [5, 5.41) is 0. The maximum absolute atomic E-state index is 11.6. The zero-order valence-electron chi connectivity index (χ0n) is 12.4. The Bertz CT molecular complexity index is 244. The van der Waals surface area contributed by atoms with Gasteiger partial charge in [0.25, 0.3) is 0 Å². The van der Waals surface area contributed by atoms with Crippen molar-refractivity contribution in [1.82, 2.24) is 0 Å². The van der Waals surface area contributed by atoms with E-state index in [9.17, 15) is 7.87 Å². The van der Waals surface area contributed by atoms with Crippen molar-refractivity contribution in [3.63, 3.8) is 0 Å². The predicted octanol–water partition coefficient (Wildman–Crippen LogP) is 4.61. The van der Waals surface area contributed by atoms with Gasteiger partial charge < -0.3 is 0 Å². The van der Waals surface area contributed by atoms with Crippen LogP contribution < -0.4 is 0 Å². The zero-order valence-corrected chi connectivity index (χ0v) is 15.3. The third-order valence-corrected chi connectivity index (χ3v) is 6.20. The Labute approximate surface area is 124 Å². The van der Waals surface area contributed by atoms with Crippen molar-refractivity contribution < 1.29 is 15.7 Å². The molecule has 112 valence electrons. The fraction of sp³-hybridized carbons (Fsp3) is 0.929. The number of rotatable bonds is 12. The van der Waals surface area contributed by atoms with Crippen LogP contribution in [0.2, 0.25) is 4.44 Å². The summed E-state index contributed by atoms with van der Waals surface area (Å²) in [6.07, 6.45) is 9.16. The Morgan fingerprint density at radius 3 is 2.16 bits per heavy atom. The Hall–Kier alpha value is -0.131. The van der Waals surface area contributed by atoms with Crippen LogP contribution >= 0.6 is 0 Å². The van der Waals surface area contributed by atoms with Crippen LogP contribution in [0.1, 0.15) is 71.6 Å². The molecule has 0 bridgehead atoms. The standard InChI is InChI=1S/C8H17.C6H12O3.O.Sn/c1-3-5-7-8-6-4-2;1-2-3-4-5-9-6(7)8;;/h1,3-8H2,2H3;2-5H2,1H3,(H,7,8);;/q;;;+1/p-1. The Kier molecular flexibility index (Phi) is 14.2. The minimum absolute atomic E-state index is 0.375. The first-order chi connectivity index (χ1) is 9.20. The van der Waals surface area contributed by atoms with E-state index in [2.05, 4.69) is 13.8 Å². The molecule has 0 aromatic rings. The van der Waals surface area contributed by atoms with E-state index in [1.54, 1.807) is 0 Å². The van der Waals surface area contributed by atoms with Gasteiger partial charge in [0.1, 0.15) is 0 Å². The van der Waals surface area contributed by atoms with Gasteiger partial charge in [-0.25, -0.2) is 0 Å². The maximum atomic E-state index is 11.6. The van der Waals surface area contributed by atoms with Gasteiger partial charge in [0, 0.05) is 0 Å². The third-order valence-electron chi connectivity index (χ3n) is 2.90. The molecule has 0 atom stereocenters. The predicted molar refractivity (Wildman–Crippen MR) is 76.6 cm³/mol. The third kappa shape index (κ3) is 14.1. The Balaban J connectivity index is 3.39. The first-order valence-corrected chi connectivity index (χ1v) is 11.9. The van der Waals surface area contributed by atoms with E-state index in [4.69, 9.17) is 7.81 Å². The first kappa shape index (κ1) is 18.9. The van der Waals surface area contributed by atoms with Gasteiger partial charge in [-0.1, -0.05) is 0 Å². The molecule has 0 rings (SSSR count). The van der Waals surface area contributed by atoms with Gasteiger partial charge in [-0.05, 0) is 0 Å². The number of carbonyl (C=O) groups excluding carboxylic acids is 1. The van der Waals surface area contributed by atoms with Gasteiger partial charge in [0.05, 0.1) is 0 Å². The number of unbranched alkanes of at least 4 members (excludes halogenated alkanes) is 7. The van der Waals surface area contributed by atoms with Crippen molar-refractivity contribution in [2.45, 2.75) is 76.1 Å². The summed E-state index contributed by atoms with van der Waals surface area (Å²) in [5.74, 6) is 0. The molecule has 0 unspecified atom stereocenters. The second kappa shape index (κ2) is 14.3. The number of carbonyl (C=O) groups is 1. The molecular formula is C14H28O4Sn. The molecule has 0 amide bonds. The van der Waals surface area contributed by atoms with Gasteiger partial charge >= 0.3 is 125 Å². The molecule has 19 heavy (non-hydrogen) atoms. The van der Waals surface area contributed by atoms with Crippen LogP contribution in [-0.2, 0) is 10.9 Å². The molecule has 0 N–H and O–H groups in total. The second-order valence-electron chi connectivity index (χ2n) is 4.80. The number of hydrogen-bond acceptors (Lipinski definition) is 4. The molecule has 0 aliphatic rings. The van der Waals surface area contributed by atoms with Crippen LogP contribution in [0.25, 0.3) is 0 Å². The van der Waals surface area contributed by atoms with Crippen molar-refractivity contribution in [1.29, 1.82) is 0 Å². The molecule has 0 fully saturated rings. The normalized spacial score (nSPS) is 10.2. The van der Waals surface area contributed by atoms with Crippen LogP contribution in [0, 0.1) is 0 Å². The molecule has 0 aliphatic carbocycles. The van der Waals surface area contributed by atoms with Gasteiger partial charge in [0.15, 0.2) is 0 Å². The molecule has 0 spiro atoms. The van der Waals surface area contributed by atoms with Crippen LogP contribution in [0.4, 0.5) is 4.79 Å². The van der Waals surface area contributed by atoms with E-state index in [0.29, 0.717) is 11.0 Å². The van der Waals surface area contributed by atoms with E-state index < -0.39 is 26.3 Å². The molecule has 0 aliphatic heterocycles. The van der Waals surface area contributed by atoms with E-state index in [1.165, 1.54) is 25.7 Å². The van der Waals surface area contributed by atoms with Crippen molar-refractivity contribution in [3.8, 4) is 0 Å². The molecule has 0 saturated carbocycles. The first-order valence-electron chi connectivity index (χ1n) is 7.58. The van der Waals surface area contributed by atoms with Gasteiger partial charge in [-0.3, -0.25) is 0 Å². The molecular weight excluding hydrogens is 351 g/mol. The topological polar surface area (TPSA) is 52.6 Å². The van der Waals surface area contributed by atoms with Gasteiger partial charge in [-0.2, -0.15) is 0 Å². The van der Waals surface area contributed by atoms with Crippen molar-refractivity contribution in [2.75, 3.05) is 6.61 Å². The second-order valence-corrected chi connectivity index (χ2v) is 8.93. The number of hydrogen-bond donors (Lipinski definition) is 0. The van der Waals surface area contributed by atoms with Crippen LogP contribution in [-0.4, -0.2) is 32.9 Å². The molecule has 5 heteroatoms. The summed E-state index contributed by atoms with van der Waals surface area (Å²) < 4.78 is 21.9. The Morgan fingerprint density at radius 2 is 1.47 bits per heavy atom. The minimum atomic E-state index is -3.16. The van der Waals surface area contributed by atoms with Gasteiger partial charge in [0.2, 0.25) is 0 Å². The fourth-order valence-electron chi connectivity index (χ4n) is 1.73. The molecule has 0 radical (unpaired) electrons. The van der Waals surface area contributed by atoms with E-state index >= 15 is 0 Å². The monoisotopic (exact) mass is 380 g/mol. The van der Waals surface area contributed by atoms with Crippen LogP contribution in [0.15, 0.2) is 0 Å². The van der Waals surface area contributed by atoms with Crippen LogP contribution in [0.3, 0.4) is 0 Å². The molecule has 0 aromatic carbocycles. The van der Waals surface area contributed by atoms with Crippen molar-refractivity contribution >= 4 is 26.3 Å². The van der Waals surface area contributed by atoms with E-state index in [0.717, 1.165) is 32.1 Å². The number of ether oxygens (including phenoxy) is 1. The van der Waals surface area contributed by atoms with E-state index in [1.807, 2.05) is 0 Å². The summed E-state index contributed by atoms with van der Waals surface area (Å²) in [5.41, 5.74) is 0. The summed E-state index contributed by atoms with van der Waals surface area (Å²) in [7, 11) is 0. The molecule has 0 aromatic heterocycles. The summed E-state index contributed by atoms with van der Waals surface area (Å²) >= 11 is -3.16. The zero-order chi connectivity index (χ0) is 14.3. The average Bonchev–Trinajstić information content (AvgIpc) is 2.39. The summed E-state index contributed by atoms with van der Waals surface area (Å²) in [6.45, 7) is 4.64. The van der Waals surface area contributed by atoms with Crippen molar-refractivity contribution in [2.24, 2.45) is 0 Å².